The molecule has 1 saturated heterocycles. The molecule has 7 heteroatoms. The maximum atomic E-state index is 11.9. The van der Waals surface area contributed by atoms with Gasteiger partial charge < -0.3 is 10.0 Å². The minimum absolute atomic E-state index is 0.324. The van der Waals surface area contributed by atoms with Crippen molar-refractivity contribution in [2.75, 3.05) is 6.54 Å². The highest BCUT2D eigenvalue weighted by atomic mass is 19.4. The van der Waals surface area contributed by atoms with Gasteiger partial charge in [0.25, 0.3) is 5.78 Å². The molecule has 1 N–H and O–H groups in total. The Kier molecular flexibility index (Phi) is 3.49. The smallest absolute Gasteiger partial charge is 0.454 e. The van der Waals surface area contributed by atoms with Crippen molar-refractivity contribution >= 4 is 11.8 Å². The van der Waals surface area contributed by atoms with Gasteiger partial charge in [0.2, 0.25) is 0 Å². The SMILES string of the molecule is C[C@@]1(C(=O)O)CCCN1/C=C/C(=O)C(F)(F)F. The van der Waals surface area contributed by atoms with Crippen molar-refractivity contribution in [2.24, 2.45) is 0 Å². The Morgan fingerprint density at radius 2 is 2.00 bits per heavy atom. The Morgan fingerprint density at radius 1 is 1.41 bits per heavy atom. The van der Waals surface area contributed by atoms with Gasteiger partial charge in [-0.15, -0.1) is 0 Å². The fourth-order valence-corrected chi connectivity index (χ4v) is 1.70. The van der Waals surface area contributed by atoms with Crippen LogP contribution in [-0.4, -0.2) is 40.0 Å². The lowest BCUT2D eigenvalue weighted by atomic mass is 10.00. The van der Waals surface area contributed by atoms with E-state index in [1.165, 1.54) is 11.8 Å². The fraction of sp³-hybridized carbons (Fsp3) is 0.600. The van der Waals surface area contributed by atoms with E-state index in [1.807, 2.05) is 0 Å². The van der Waals surface area contributed by atoms with Gasteiger partial charge in [-0.1, -0.05) is 0 Å². The molecule has 1 aliphatic heterocycles. The third kappa shape index (κ3) is 2.78. The van der Waals surface area contributed by atoms with E-state index in [4.69, 9.17) is 5.11 Å². The Bertz CT molecular complexity index is 364. The fourth-order valence-electron chi connectivity index (χ4n) is 1.70. The van der Waals surface area contributed by atoms with E-state index in [9.17, 15) is 22.8 Å². The van der Waals surface area contributed by atoms with Crippen LogP contribution >= 0.6 is 0 Å². The van der Waals surface area contributed by atoms with Crippen molar-refractivity contribution in [2.45, 2.75) is 31.5 Å². The van der Waals surface area contributed by atoms with Gasteiger partial charge in [-0.05, 0) is 19.8 Å². The number of likely N-dealkylation sites (tertiary alicyclic amines) is 1. The second kappa shape index (κ2) is 4.38. The molecule has 0 unspecified atom stereocenters. The van der Waals surface area contributed by atoms with Crippen molar-refractivity contribution in [3.63, 3.8) is 0 Å². The molecule has 17 heavy (non-hydrogen) atoms. The zero-order valence-electron chi connectivity index (χ0n) is 9.12. The number of carboxylic acid groups (broad SMARTS) is 1. The molecule has 1 fully saturated rings. The minimum atomic E-state index is -4.92. The highest BCUT2D eigenvalue weighted by Gasteiger charge is 2.42. The zero-order chi connectivity index (χ0) is 13.3. The zero-order valence-corrected chi connectivity index (χ0v) is 9.12. The van der Waals surface area contributed by atoms with E-state index in [-0.39, 0.29) is 0 Å². The number of hydrogen-bond acceptors (Lipinski definition) is 3. The molecule has 0 amide bonds. The average Bonchev–Trinajstić information content (AvgIpc) is 2.56. The number of halogens is 3. The molecule has 0 radical (unpaired) electrons. The molecule has 0 saturated carbocycles. The molecule has 0 spiro atoms. The van der Waals surface area contributed by atoms with Crippen molar-refractivity contribution in [3.8, 4) is 0 Å². The van der Waals surface area contributed by atoms with Gasteiger partial charge >= 0.3 is 12.1 Å². The highest BCUT2D eigenvalue weighted by molar-refractivity contribution is 5.94. The van der Waals surface area contributed by atoms with Crippen molar-refractivity contribution in [1.82, 2.24) is 4.90 Å². The van der Waals surface area contributed by atoms with Crippen molar-refractivity contribution in [3.05, 3.63) is 12.3 Å². The lowest BCUT2D eigenvalue weighted by Gasteiger charge is -2.29. The van der Waals surface area contributed by atoms with E-state index in [2.05, 4.69) is 0 Å². The van der Waals surface area contributed by atoms with Gasteiger partial charge in [0, 0.05) is 18.8 Å². The van der Waals surface area contributed by atoms with Crippen LogP contribution < -0.4 is 0 Å². The summed E-state index contributed by atoms with van der Waals surface area (Å²) in [7, 11) is 0. The van der Waals surface area contributed by atoms with Gasteiger partial charge in [0.15, 0.2) is 0 Å². The number of carboxylic acids is 1. The first-order chi connectivity index (χ1) is 7.68. The molecule has 1 atom stereocenters. The Balaban J connectivity index is 2.79. The van der Waals surface area contributed by atoms with Crippen LogP contribution in [0.3, 0.4) is 0 Å². The molecule has 0 aromatic rings. The molecule has 0 aromatic carbocycles. The molecule has 0 aliphatic carbocycles. The third-order valence-corrected chi connectivity index (χ3v) is 2.84. The third-order valence-electron chi connectivity index (χ3n) is 2.84. The summed E-state index contributed by atoms with van der Waals surface area (Å²) in [4.78, 5) is 22.9. The summed E-state index contributed by atoms with van der Waals surface area (Å²) in [6.07, 6.45) is -2.74. The van der Waals surface area contributed by atoms with Gasteiger partial charge in [-0.25, -0.2) is 4.79 Å². The first-order valence-electron chi connectivity index (χ1n) is 4.97. The number of carbonyl (C=O) groups excluding carboxylic acids is 1. The molecular formula is C10H12F3NO3. The number of alkyl halides is 3. The summed E-state index contributed by atoms with van der Waals surface area (Å²) >= 11 is 0. The predicted octanol–water partition coefficient (Wildman–Crippen LogP) is 1.57. The molecule has 0 bridgehead atoms. The molecule has 1 heterocycles. The standard InChI is InChI=1S/C10H12F3NO3/c1-9(8(16)17)4-2-5-14(9)6-3-7(15)10(11,12)13/h3,6H,2,4-5H2,1H3,(H,16,17)/b6-3+/t9-/m0/s1. The van der Waals surface area contributed by atoms with Crippen molar-refractivity contribution in [1.29, 1.82) is 0 Å². The average molecular weight is 251 g/mol. The van der Waals surface area contributed by atoms with E-state index in [1.54, 1.807) is 0 Å². The van der Waals surface area contributed by atoms with Crippen LogP contribution in [0.25, 0.3) is 0 Å². The largest absolute Gasteiger partial charge is 0.480 e. The Labute approximate surface area is 95.7 Å². The van der Waals surface area contributed by atoms with Gasteiger partial charge in [-0.2, -0.15) is 13.2 Å². The Morgan fingerprint density at radius 3 is 2.47 bits per heavy atom. The minimum Gasteiger partial charge on any atom is -0.480 e. The predicted molar refractivity (Wildman–Crippen MR) is 52.2 cm³/mol. The molecule has 96 valence electrons. The first-order valence-corrected chi connectivity index (χ1v) is 4.97. The summed E-state index contributed by atoms with van der Waals surface area (Å²) in [6, 6.07) is 0. The first kappa shape index (κ1) is 13.5. The van der Waals surface area contributed by atoms with E-state index in [0.717, 1.165) is 6.20 Å². The van der Waals surface area contributed by atoms with Crippen LogP contribution in [0.2, 0.25) is 0 Å². The normalized spacial score (nSPS) is 25.5. The summed E-state index contributed by atoms with van der Waals surface area (Å²) in [5.41, 5.74) is -1.23. The van der Waals surface area contributed by atoms with E-state index in [0.29, 0.717) is 25.5 Å². The summed E-state index contributed by atoms with van der Waals surface area (Å²) in [5, 5.41) is 8.99. The number of allylic oxidation sites excluding steroid dienone is 1. The lowest BCUT2D eigenvalue weighted by Crippen LogP contribution is -2.45. The number of ketones is 1. The molecule has 4 nitrogen and oxygen atoms in total. The molecule has 0 aromatic heterocycles. The number of nitrogens with zero attached hydrogens (tertiary/aromatic N) is 1. The lowest BCUT2D eigenvalue weighted by molar-refractivity contribution is -0.165. The molecule has 1 rings (SSSR count). The number of carbonyl (C=O) groups is 2. The van der Waals surface area contributed by atoms with Gasteiger partial charge in [0.1, 0.15) is 5.54 Å². The van der Waals surface area contributed by atoms with Crippen LogP contribution in [0.4, 0.5) is 13.2 Å². The topological polar surface area (TPSA) is 57.6 Å². The monoisotopic (exact) mass is 251 g/mol. The summed E-state index contributed by atoms with van der Waals surface area (Å²) < 4.78 is 35.8. The highest BCUT2D eigenvalue weighted by Crippen LogP contribution is 2.29. The quantitative estimate of drug-likeness (QED) is 0.773. The van der Waals surface area contributed by atoms with Crippen LogP contribution in [0, 0.1) is 0 Å². The van der Waals surface area contributed by atoms with Crippen molar-refractivity contribution < 1.29 is 27.9 Å². The van der Waals surface area contributed by atoms with Crippen LogP contribution in [-0.2, 0) is 9.59 Å². The van der Waals surface area contributed by atoms with Gasteiger partial charge in [-0.3, -0.25) is 4.79 Å². The van der Waals surface area contributed by atoms with Crippen LogP contribution in [0.1, 0.15) is 19.8 Å². The maximum Gasteiger partial charge on any atom is 0.454 e. The van der Waals surface area contributed by atoms with Crippen LogP contribution in [0.5, 0.6) is 0 Å². The second-order valence-electron chi connectivity index (χ2n) is 4.05. The molecule has 1 aliphatic rings. The number of aliphatic carboxylic acids is 1. The second-order valence-corrected chi connectivity index (χ2v) is 4.05. The summed E-state index contributed by atoms with van der Waals surface area (Å²) in [5.74, 6) is -3.10. The maximum absolute atomic E-state index is 11.9. The van der Waals surface area contributed by atoms with E-state index < -0.39 is 23.5 Å². The number of hydrogen-bond donors (Lipinski definition) is 1. The van der Waals surface area contributed by atoms with Crippen LogP contribution in [0.15, 0.2) is 12.3 Å². The number of rotatable bonds is 3. The Hall–Kier alpha value is -1.53. The van der Waals surface area contributed by atoms with E-state index >= 15 is 0 Å². The van der Waals surface area contributed by atoms with Gasteiger partial charge in [0.05, 0.1) is 0 Å². The summed E-state index contributed by atoms with van der Waals surface area (Å²) in [6.45, 7) is 1.75. The molecular weight excluding hydrogens is 239 g/mol.